The number of carbonyl (C=O) groups is 1. The van der Waals surface area contributed by atoms with Gasteiger partial charge < -0.3 is 14.2 Å². The molecule has 0 radical (unpaired) electrons. The lowest BCUT2D eigenvalue weighted by molar-refractivity contribution is -0.244. The first kappa shape index (κ1) is 22.1. The van der Waals surface area contributed by atoms with Crippen molar-refractivity contribution in [1.82, 2.24) is 0 Å². The summed E-state index contributed by atoms with van der Waals surface area (Å²) < 4.78 is 106. The summed E-state index contributed by atoms with van der Waals surface area (Å²) in [7, 11) is 0. The summed E-state index contributed by atoms with van der Waals surface area (Å²) in [6.07, 6.45) is -12.6. The van der Waals surface area contributed by atoms with Gasteiger partial charge in [-0.3, -0.25) is 4.79 Å². The van der Waals surface area contributed by atoms with Crippen molar-refractivity contribution < 1.29 is 49.7 Å². The van der Waals surface area contributed by atoms with E-state index in [1.165, 1.54) is 19.1 Å². The van der Waals surface area contributed by atoms with Crippen LogP contribution in [-0.2, 0) is 9.53 Å². The zero-order valence-corrected chi connectivity index (χ0v) is 14.7. The van der Waals surface area contributed by atoms with Crippen LogP contribution in [0.25, 0.3) is 0 Å². The standard InChI is InChI=1S/C17H17F7O4/c1-9-12(28-11-6-4-3-5-10(11)27-9)7-15(2,17(22,23)24)14(25)26-8-16(20,21)13(18)19/h3-6,9,12-13H,7-8H2,1-2H3. The van der Waals surface area contributed by atoms with Gasteiger partial charge in [0.2, 0.25) is 0 Å². The monoisotopic (exact) mass is 418 g/mol. The van der Waals surface area contributed by atoms with Gasteiger partial charge in [0, 0.05) is 6.42 Å². The molecule has 4 nitrogen and oxygen atoms in total. The van der Waals surface area contributed by atoms with Gasteiger partial charge in [0.1, 0.15) is 12.2 Å². The maximum absolute atomic E-state index is 13.6. The molecule has 158 valence electrons. The number of alkyl halides is 7. The zero-order valence-electron chi connectivity index (χ0n) is 14.7. The fourth-order valence-corrected chi connectivity index (χ4v) is 2.49. The van der Waals surface area contributed by atoms with Crippen LogP contribution in [0.3, 0.4) is 0 Å². The zero-order chi connectivity index (χ0) is 21.3. The van der Waals surface area contributed by atoms with Crippen LogP contribution in [0.1, 0.15) is 20.3 Å². The molecule has 0 N–H and O–H groups in total. The third kappa shape index (κ3) is 4.44. The van der Waals surface area contributed by atoms with Crippen molar-refractivity contribution in [2.45, 2.75) is 51.0 Å². The molecule has 1 aromatic rings. The molecule has 0 fully saturated rings. The minimum Gasteiger partial charge on any atom is -0.483 e. The van der Waals surface area contributed by atoms with Crippen LogP contribution < -0.4 is 9.47 Å². The fraction of sp³-hybridized carbons (Fsp3) is 0.588. The Kier molecular flexibility index (Phi) is 6.05. The summed E-state index contributed by atoms with van der Waals surface area (Å²) in [4.78, 5) is 12.0. The van der Waals surface area contributed by atoms with Crippen molar-refractivity contribution in [2.75, 3.05) is 6.61 Å². The molecular weight excluding hydrogens is 401 g/mol. The van der Waals surface area contributed by atoms with Gasteiger partial charge in [0.05, 0.1) is 0 Å². The molecule has 3 unspecified atom stereocenters. The second kappa shape index (κ2) is 7.67. The van der Waals surface area contributed by atoms with Crippen LogP contribution in [0.2, 0.25) is 0 Å². The average Bonchev–Trinajstić information content (AvgIpc) is 2.59. The number of rotatable bonds is 6. The molecule has 3 atom stereocenters. The van der Waals surface area contributed by atoms with E-state index in [4.69, 9.17) is 9.47 Å². The lowest BCUT2D eigenvalue weighted by atomic mass is 9.82. The number of fused-ring (bicyclic) bond motifs is 1. The Labute approximate surface area is 155 Å². The number of esters is 1. The van der Waals surface area contributed by atoms with Gasteiger partial charge in [-0.25, -0.2) is 8.78 Å². The molecule has 0 saturated heterocycles. The highest BCUT2D eigenvalue weighted by Crippen LogP contribution is 2.46. The summed E-state index contributed by atoms with van der Waals surface area (Å²) in [6.45, 7) is -0.324. The molecule has 11 heteroatoms. The highest BCUT2D eigenvalue weighted by atomic mass is 19.4. The normalized spacial score (nSPS) is 21.9. The van der Waals surface area contributed by atoms with Crippen LogP contribution in [0, 0.1) is 5.41 Å². The Morgan fingerprint density at radius 3 is 2.14 bits per heavy atom. The Hall–Kier alpha value is -2.20. The molecule has 0 aromatic heterocycles. The van der Waals surface area contributed by atoms with E-state index >= 15 is 0 Å². The Bertz CT molecular complexity index is 707. The van der Waals surface area contributed by atoms with Gasteiger partial charge in [0.15, 0.2) is 23.5 Å². The summed E-state index contributed by atoms with van der Waals surface area (Å²) in [5, 5.41) is 0. The number of hydrogen-bond acceptors (Lipinski definition) is 4. The van der Waals surface area contributed by atoms with Gasteiger partial charge in [-0.1, -0.05) is 12.1 Å². The molecule has 0 saturated carbocycles. The van der Waals surface area contributed by atoms with Crippen LogP contribution >= 0.6 is 0 Å². The maximum atomic E-state index is 13.6. The predicted molar refractivity (Wildman–Crippen MR) is 81.6 cm³/mol. The molecule has 1 aliphatic rings. The van der Waals surface area contributed by atoms with Crippen LogP contribution in [0.5, 0.6) is 11.5 Å². The lowest BCUT2D eigenvalue weighted by Crippen LogP contribution is -2.51. The molecule has 0 amide bonds. The lowest BCUT2D eigenvalue weighted by Gasteiger charge is -2.38. The Balaban J connectivity index is 2.20. The van der Waals surface area contributed by atoms with Crippen LogP contribution in [-0.4, -0.2) is 43.3 Å². The topological polar surface area (TPSA) is 44.8 Å². The SMILES string of the molecule is CC1Oc2ccccc2OC1CC(C)(C(=O)OCC(F)(F)C(F)F)C(F)(F)F. The second-order valence-electron chi connectivity index (χ2n) is 6.60. The molecule has 0 spiro atoms. The predicted octanol–water partition coefficient (Wildman–Crippen LogP) is 4.62. The van der Waals surface area contributed by atoms with E-state index in [1.54, 1.807) is 12.1 Å². The summed E-state index contributed by atoms with van der Waals surface area (Å²) in [5.41, 5.74) is -3.28. The minimum atomic E-state index is -5.22. The van der Waals surface area contributed by atoms with Crippen molar-refractivity contribution in [3.05, 3.63) is 24.3 Å². The molecule has 1 aromatic carbocycles. The van der Waals surface area contributed by atoms with Crippen molar-refractivity contribution in [3.8, 4) is 11.5 Å². The molecule has 0 bridgehead atoms. The van der Waals surface area contributed by atoms with E-state index in [0.29, 0.717) is 12.7 Å². The van der Waals surface area contributed by atoms with Crippen molar-refractivity contribution in [2.24, 2.45) is 5.41 Å². The van der Waals surface area contributed by atoms with E-state index < -0.39 is 55.1 Å². The number of ether oxygens (including phenoxy) is 3. The van der Waals surface area contributed by atoms with Gasteiger partial charge in [-0.2, -0.15) is 22.0 Å². The van der Waals surface area contributed by atoms with Gasteiger partial charge in [-0.15, -0.1) is 0 Å². The second-order valence-corrected chi connectivity index (χ2v) is 6.60. The van der Waals surface area contributed by atoms with Gasteiger partial charge in [-0.05, 0) is 26.0 Å². The van der Waals surface area contributed by atoms with Crippen molar-refractivity contribution >= 4 is 5.97 Å². The highest BCUT2D eigenvalue weighted by Gasteiger charge is 2.60. The quantitative estimate of drug-likeness (QED) is 0.500. The third-order valence-corrected chi connectivity index (χ3v) is 4.36. The first-order valence-corrected chi connectivity index (χ1v) is 8.10. The van der Waals surface area contributed by atoms with E-state index in [9.17, 15) is 35.5 Å². The summed E-state index contributed by atoms with van der Waals surface area (Å²) in [6, 6.07) is 6.15. The first-order chi connectivity index (χ1) is 12.8. The number of benzene rings is 1. The first-order valence-electron chi connectivity index (χ1n) is 8.10. The van der Waals surface area contributed by atoms with E-state index in [0.717, 1.165) is 0 Å². The van der Waals surface area contributed by atoms with Crippen molar-refractivity contribution in [1.29, 1.82) is 0 Å². The Morgan fingerprint density at radius 2 is 1.64 bits per heavy atom. The number of hydrogen-bond donors (Lipinski definition) is 0. The molecule has 2 rings (SSSR count). The van der Waals surface area contributed by atoms with E-state index in [-0.39, 0.29) is 5.75 Å². The molecular formula is C17H17F7O4. The van der Waals surface area contributed by atoms with Gasteiger partial charge in [0.25, 0.3) is 0 Å². The number of carbonyl (C=O) groups excluding carboxylic acids is 1. The smallest absolute Gasteiger partial charge is 0.404 e. The average molecular weight is 418 g/mol. The molecule has 1 aliphatic heterocycles. The van der Waals surface area contributed by atoms with Crippen LogP contribution in [0.15, 0.2) is 24.3 Å². The molecule has 28 heavy (non-hydrogen) atoms. The summed E-state index contributed by atoms with van der Waals surface area (Å²) >= 11 is 0. The molecule has 0 aliphatic carbocycles. The molecule has 1 heterocycles. The van der Waals surface area contributed by atoms with E-state index in [2.05, 4.69) is 4.74 Å². The number of para-hydroxylation sites is 2. The summed E-state index contributed by atoms with van der Waals surface area (Å²) in [5.74, 6) is -6.43. The number of halogens is 7. The third-order valence-electron chi connectivity index (χ3n) is 4.36. The van der Waals surface area contributed by atoms with Crippen LogP contribution in [0.4, 0.5) is 30.7 Å². The van der Waals surface area contributed by atoms with Crippen molar-refractivity contribution in [3.63, 3.8) is 0 Å². The van der Waals surface area contributed by atoms with E-state index in [1.807, 2.05) is 0 Å². The minimum absolute atomic E-state index is 0.146. The largest absolute Gasteiger partial charge is 0.483 e. The Morgan fingerprint density at radius 1 is 1.11 bits per heavy atom. The van der Waals surface area contributed by atoms with Gasteiger partial charge >= 0.3 is 24.5 Å². The fourth-order valence-electron chi connectivity index (χ4n) is 2.49. The maximum Gasteiger partial charge on any atom is 0.404 e. The highest BCUT2D eigenvalue weighted by molar-refractivity contribution is 5.77.